The molecule has 1 aliphatic rings. The lowest BCUT2D eigenvalue weighted by molar-refractivity contribution is 0.660. The highest BCUT2D eigenvalue weighted by molar-refractivity contribution is 7.99. The molecular formula is C11H14S. The van der Waals surface area contributed by atoms with E-state index >= 15 is 0 Å². The summed E-state index contributed by atoms with van der Waals surface area (Å²) in [6.07, 6.45) is 2.78. The van der Waals surface area contributed by atoms with Crippen LogP contribution in [0.3, 0.4) is 0 Å². The summed E-state index contributed by atoms with van der Waals surface area (Å²) in [7, 11) is 0. The second kappa shape index (κ2) is 3.99. The summed E-state index contributed by atoms with van der Waals surface area (Å²) >= 11 is 2.10. The summed E-state index contributed by atoms with van der Waals surface area (Å²) in [5, 5.41) is 0. The third-order valence-electron chi connectivity index (χ3n) is 2.43. The van der Waals surface area contributed by atoms with Crippen LogP contribution in [0.5, 0.6) is 0 Å². The third kappa shape index (κ3) is 1.84. The van der Waals surface area contributed by atoms with E-state index in [9.17, 15) is 0 Å². The van der Waals surface area contributed by atoms with Crippen molar-refractivity contribution in [2.45, 2.75) is 18.8 Å². The number of thioether (sulfide) groups is 1. The number of benzene rings is 1. The average molecular weight is 178 g/mol. The van der Waals surface area contributed by atoms with Crippen LogP contribution < -0.4 is 0 Å². The van der Waals surface area contributed by atoms with Crippen molar-refractivity contribution in [2.24, 2.45) is 0 Å². The molecule has 1 heterocycles. The van der Waals surface area contributed by atoms with E-state index in [1.54, 1.807) is 0 Å². The van der Waals surface area contributed by atoms with Crippen molar-refractivity contribution in [1.82, 2.24) is 0 Å². The molecule has 1 heteroatoms. The van der Waals surface area contributed by atoms with Crippen molar-refractivity contribution in [1.29, 1.82) is 0 Å². The van der Waals surface area contributed by atoms with Crippen molar-refractivity contribution in [2.75, 3.05) is 11.5 Å². The molecule has 0 spiro atoms. The molecule has 1 atom stereocenters. The first-order chi connectivity index (χ1) is 5.97. The fraction of sp³-hybridized carbons (Fsp3) is 0.455. The highest BCUT2D eigenvalue weighted by atomic mass is 32.2. The normalized spacial score (nSPS) is 23.8. The molecule has 0 nitrogen and oxygen atoms in total. The molecule has 1 saturated heterocycles. The SMILES string of the molecule is c1ccc([C@@H]2CCCSC2)cc1. The average Bonchev–Trinajstić information content (AvgIpc) is 2.21. The van der Waals surface area contributed by atoms with Crippen LogP contribution in [-0.4, -0.2) is 11.5 Å². The van der Waals surface area contributed by atoms with E-state index in [1.165, 1.54) is 29.9 Å². The zero-order valence-corrected chi connectivity index (χ0v) is 8.02. The maximum atomic E-state index is 2.26. The molecule has 0 bridgehead atoms. The Morgan fingerprint density at radius 2 is 2.00 bits per heavy atom. The Morgan fingerprint density at radius 3 is 2.67 bits per heavy atom. The van der Waals surface area contributed by atoms with Crippen LogP contribution in [0.25, 0.3) is 0 Å². The number of hydrogen-bond donors (Lipinski definition) is 0. The molecule has 0 amide bonds. The molecule has 0 unspecified atom stereocenters. The quantitative estimate of drug-likeness (QED) is 0.636. The van der Waals surface area contributed by atoms with Crippen molar-refractivity contribution < 1.29 is 0 Å². The first-order valence-corrected chi connectivity index (χ1v) is 5.75. The maximum absolute atomic E-state index is 2.26. The lowest BCUT2D eigenvalue weighted by Gasteiger charge is -2.21. The first-order valence-electron chi connectivity index (χ1n) is 4.59. The maximum Gasteiger partial charge on any atom is 0.000147 e. The standard InChI is InChI=1S/C11H14S/c1-2-5-10(6-3-1)11-7-4-8-12-9-11/h1-3,5-6,11H,4,7-9H2/t11-/m1/s1. The van der Waals surface area contributed by atoms with Gasteiger partial charge in [-0.25, -0.2) is 0 Å². The van der Waals surface area contributed by atoms with Gasteiger partial charge in [0.1, 0.15) is 0 Å². The molecule has 12 heavy (non-hydrogen) atoms. The van der Waals surface area contributed by atoms with Gasteiger partial charge in [0.15, 0.2) is 0 Å². The molecule has 0 N–H and O–H groups in total. The van der Waals surface area contributed by atoms with Crippen molar-refractivity contribution in [3.05, 3.63) is 35.9 Å². The fourth-order valence-corrected chi connectivity index (χ4v) is 2.91. The van der Waals surface area contributed by atoms with Crippen LogP contribution in [0.1, 0.15) is 24.3 Å². The summed E-state index contributed by atoms with van der Waals surface area (Å²) in [4.78, 5) is 0. The van der Waals surface area contributed by atoms with Crippen LogP contribution in [0.4, 0.5) is 0 Å². The first kappa shape index (κ1) is 8.18. The Balaban J connectivity index is 2.08. The predicted octanol–water partition coefficient (Wildman–Crippen LogP) is 3.30. The highest BCUT2D eigenvalue weighted by Gasteiger charge is 2.14. The minimum atomic E-state index is 0.824. The second-order valence-electron chi connectivity index (χ2n) is 3.32. The van der Waals surface area contributed by atoms with Gasteiger partial charge in [-0.15, -0.1) is 0 Å². The molecule has 2 rings (SSSR count). The second-order valence-corrected chi connectivity index (χ2v) is 4.47. The van der Waals surface area contributed by atoms with Crippen molar-refractivity contribution in [3.8, 4) is 0 Å². The molecular weight excluding hydrogens is 164 g/mol. The highest BCUT2D eigenvalue weighted by Crippen LogP contribution is 2.30. The largest absolute Gasteiger partial charge is 0.161 e. The molecule has 1 fully saturated rings. The van der Waals surface area contributed by atoms with Crippen LogP contribution in [0, 0.1) is 0 Å². The predicted molar refractivity (Wildman–Crippen MR) is 55.7 cm³/mol. The summed E-state index contributed by atoms with van der Waals surface area (Å²) in [6, 6.07) is 10.9. The molecule has 1 aromatic rings. The Bertz CT molecular complexity index is 224. The number of rotatable bonds is 1. The molecule has 1 aliphatic heterocycles. The minimum absolute atomic E-state index is 0.824. The van der Waals surface area contributed by atoms with E-state index in [1.807, 2.05) is 0 Å². The fourth-order valence-electron chi connectivity index (χ4n) is 1.73. The van der Waals surface area contributed by atoms with Gasteiger partial charge in [-0.2, -0.15) is 11.8 Å². The van der Waals surface area contributed by atoms with E-state index in [0.717, 1.165) is 5.92 Å². The van der Waals surface area contributed by atoms with Crippen LogP contribution >= 0.6 is 11.8 Å². The molecule has 1 aromatic carbocycles. The topological polar surface area (TPSA) is 0 Å². The van der Waals surface area contributed by atoms with E-state index in [0.29, 0.717) is 0 Å². The van der Waals surface area contributed by atoms with Crippen molar-refractivity contribution >= 4 is 11.8 Å². The van der Waals surface area contributed by atoms with Gasteiger partial charge in [0.2, 0.25) is 0 Å². The molecule has 0 radical (unpaired) electrons. The summed E-state index contributed by atoms with van der Waals surface area (Å²) in [5.41, 5.74) is 1.53. The Morgan fingerprint density at radius 1 is 1.17 bits per heavy atom. The van der Waals surface area contributed by atoms with Crippen LogP contribution in [-0.2, 0) is 0 Å². The van der Waals surface area contributed by atoms with Crippen molar-refractivity contribution in [3.63, 3.8) is 0 Å². The van der Waals surface area contributed by atoms with E-state index < -0.39 is 0 Å². The van der Waals surface area contributed by atoms with Gasteiger partial charge in [-0.1, -0.05) is 30.3 Å². The zero-order valence-electron chi connectivity index (χ0n) is 7.20. The molecule has 64 valence electrons. The van der Waals surface area contributed by atoms with Gasteiger partial charge < -0.3 is 0 Å². The van der Waals surface area contributed by atoms with Crippen LogP contribution in [0.15, 0.2) is 30.3 Å². The Labute approximate surface area is 78.4 Å². The smallest absolute Gasteiger partial charge is 0.000147 e. The van der Waals surface area contributed by atoms with E-state index in [2.05, 4.69) is 42.1 Å². The van der Waals surface area contributed by atoms with Gasteiger partial charge in [0.05, 0.1) is 0 Å². The number of hydrogen-bond acceptors (Lipinski definition) is 1. The lowest BCUT2D eigenvalue weighted by Crippen LogP contribution is -2.07. The molecule has 0 aliphatic carbocycles. The molecule has 0 saturated carbocycles. The lowest BCUT2D eigenvalue weighted by atomic mass is 9.96. The zero-order chi connectivity index (χ0) is 8.23. The molecule has 0 aromatic heterocycles. The summed E-state index contributed by atoms with van der Waals surface area (Å²) in [5.74, 6) is 3.51. The monoisotopic (exact) mass is 178 g/mol. The third-order valence-corrected chi connectivity index (χ3v) is 3.65. The Kier molecular flexibility index (Phi) is 2.72. The summed E-state index contributed by atoms with van der Waals surface area (Å²) < 4.78 is 0. The van der Waals surface area contributed by atoms with E-state index in [4.69, 9.17) is 0 Å². The summed E-state index contributed by atoms with van der Waals surface area (Å²) in [6.45, 7) is 0. The minimum Gasteiger partial charge on any atom is -0.161 e. The van der Waals surface area contributed by atoms with Gasteiger partial charge in [0.25, 0.3) is 0 Å². The van der Waals surface area contributed by atoms with Gasteiger partial charge in [-0.3, -0.25) is 0 Å². The van der Waals surface area contributed by atoms with E-state index in [-0.39, 0.29) is 0 Å². The van der Waals surface area contributed by atoms with Gasteiger partial charge in [0, 0.05) is 5.75 Å². The van der Waals surface area contributed by atoms with Gasteiger partial charge in [-0.05, 0) is 30.1 Å². The van der Waals surface area contributed by atoms with Crippen LogP contribution in [0.2, 0.25) is 0 Å². The Hall–Kier alpha value is -0.430. The van der Waals surface area contributed by atoms with Gasteiger partial charge >= 0.3 is 0 Å².